The minimum atomic E-state index is 0.846. The molecule has 3 nitrogen and oxygen atoms in total. The van der Waals surface area contributed by atoms with E-state index in [9.17, 15) is 0 Å². The first-order valence-electron chi connectivity index (χ1n) is 4.06. The van der Waals surface area contributed by atoms with Gasteiger partial charge in [-0.25, -0.2) is 4.98 Å². The summed E-state index contributed by atoms with van der Waals surface area (Å²) in [7, 11) is 0. The number of thiocyanates is 1. The Morgan fingerprint density at radius 2 is 2.07 bits per heavy atom. The average Bonchev–Trinajstić information content (AvgIpc) is 2.72. The van der Waals surface area contributed by atoms with Crippen molar-refractivity contribution in [3.63, 3.8) is 0 Å². The molecule has 0 amide bonds. The predicted octanol–water partition coefficient (Wildman–Crippen LogP) is 2.65. The fourth-order valence-corrected chi connectivity index (χ4v) is 1.53. The second-order valence-electron chi connectivity index (χ2n) is 2.66. The van der Waals surface area contributed by atoms with Gasteiger partial charge in [0.25, 0.3) is 0 Å². The number of hydrogen-bond acceptors (Lipinski definition) is 3. The number of nitrogens with one attached hydrogen (secondary N) is 1. The molecule has 1 aromatic carbocycles. The van der Waals surface area contributed by atoms with Crippen LogP contribution in [0.3, 0.4) is 0 Å². The minimum Gasteiger partial charge on any atom is -0.345 e. The van der Waals surface area contributed by atoms with E-state index >= 15 is 0 Å². The number of rotatable bonds is 2. The Kier molecular flexibility index (Phi) is 2.52. The van der Waals surface area contributed by atoms with Gasteiger partial charge in [0.2, 0.25) is 0 Å². The van der Waals surface area contributed by atoms with E-state index in [-0.39, 0.29) is 0 Å². The third-order valence-electron chi connectivity index (χ3n) is 1.79. The topological polar surface area (TPSA) is 52.5 Å². The van der Waals surface area contributed by atoms with E-state index in [4.69, 9.17) is 5.26 Å². The molecule has 2 aromatic rings. The number of hydrogen-bond donors (Lipinski definition) is 1. The van der Waals surface area contributed by atoms with Crippen molar-refractivity contribution in [2.75, 3.05) is 0 Å². The first-order chi connectivity index (χ1) is 6.90. The molecule has 4 heteroatoms. The Balaban J connectivity index is 2.27. The van der Waals surface area contributed by atoms with Crippen molar-refractivity contribution < 1.29 is 0 Å². The van der Waals surface area contributed by atoms with Crippen LogP contribution in [0.2, 0.25) is 0 Å². The molecule has 0 aliphatic carbocycles. The highest BCUT2D eigenvalue weighted by Crippen LogP contribution is 2.20. The third-order valence-corrected chi connectivity index (χ3v) is 2.39. The van der Waals surface area contributed by atoms with Crippen LogP contribution in [0.1, 0.15) is 0 Å². The summed E-state index contributed by atoms with van der Waals surface area (Å²) >= 11 is 1.16. The first kappa shape index (κ1) is 8.85. The summed E-state index contributed by atoms with van der Waals surface area (Å²) in [4.78, 5) is 8.10. The highest BCUT2D eigenvalue weighted by Gasteiger charge is 1.99. The van der Waals surface area contributed by atoms with Gasteiger partial charge < -0.3 is 4.98 Å². The maximum absolute atomic E-state index is 8.47. The van der Waals surface area contributed by atoms with Gasteiger partial charge in [-0.05, 0) is 23.9 Å². The molecule has 0 aliphatic heterocycles. The monoisotopic (exact) mass is 201 g/mol. The molecule has 0 radical (unpaired) electrons. The van der Waals surface area contributed by atoms with Crippen molar-refractivity contribution >= 4 is 11.8 Å². The minimum absolute atomic E-state index is 0.846. The van der Waals surface area contributed by atoms with E-state index in [1.165, 1.54) is 0 Å². The molecular formula is C10H7N3S. The molecule has 0 aliphatic rings. The molecule has 1 N–H and O–H groups in total. The molecule has 0 atom stereocenters. The van der Waals surface area contributed by atoms with Gasteiger partial charge >= 0.3 is 0 Å². The maximum atomic E-state index is 8.47. The molecule has 68 valence electrons. The largest absolute Gasteiger partial charge is 0.345 e. The molecule has 0 fully saturated rings. The summed E-state index contributed by atoms with van der Waals surface area (Å²) in [5.74, 6) is 0.846. The summed E-state index contributed by atoms with van der Waals surface area (Å²) in [6, 6.07) is 7.70. The Hall–Kier alpha value is -1.73. The smallest absolute Gasteiger partial charge is 0.138 e. The van der Waals surface area contributed by atoms with Gasteiger partial charge in [0, 0.05) is 22.9 Å². The van der Waals surface area contributed by atoms with Crippen molar-refractivity contribution in [1.82, 2.24) is 9.97 Å². The number of thioether (sulfide) groups is 1. The van der Waals surface area contributed by atoms with Gasteiger partial charge in [0.05, 0.1) is 0 Å². The van der Waals surface area contributed by atoms with E-state index in [0.717, 1.165) is 28.0 Å². The van der Waals surface area contributed by atoms with Gasteiger partial charge in [-0.3, -0.25) is 0 Å². The Morgan fingerprint density at radius 1 is 1.29 bits per heavy atom. The van der Waals surface area contributed by atoms with E-state index in [0.29, 0.717) is 0 Å². The quantitative estimate of drug-likeness (QED) is 0.600. The van der Waals surface area contributed by atoms with E-state index < -0.39 is 0 Å². The molecule has 0 spiro atoms. The first-order valence-corrected chi connectivity index (χ1v) is 4.87. The summed E-state index contributed by atoms with van der Waals surface area (Å²) in [6.07, 6.45) is 3.50. The number of imidazole rings is 1. The Bertz CT molecular complexity index is 439. The van der Waals surface area contributed by atoms with Crippen LogP contribution in [0.15, 0.2) is 41.6 Å². The Morgan fingerprint density at radius 3 is 2.64 bits per heavy atom. The lowest BCUT2D eigenvalue weighted by Crippen LogP contribution is -1.79. The lowest BCUT2D eigenvalue weighted by atomic mass is 10.2. The van der Waals surface area contributed by atoms with E-state index in [1.807, 2.05) is 29.7 Å². The van der Waals surface area contributed by atoms with Crippen LogP contribution in [0.5, 0.6) is 0 Å². The normalized spacial score (nSPS) is 9.64. The molecule has 2 rings (SSSR count). The lowest BCUT2D eigenvalue weighted by Gasteiger charge is -1.97. The predicted molar refractivity (Wildman–Crippen MR) is 55.5 cm³/mol. The molecule has 1 heterocycles. The number of H-pyrrole nitrogens is 1. The van der Waals surface area contributed by atoms with E-state index in [2.05, 4.69) is 9.97 Å². The van der Waals surface area contributed by atoms with Crippen molar-refractivity contribution in [2.24, 2.45) is 0 Å². The second kappa shape index (κ2) is 3.99. The molecule has 1 aromatic heterocycles. The second-order valence-corrected chi connectivity index (χ2v) is 3.51. The lowest BCUT2D eigenvalue weighted by molar-refractivity contribution is 1.30. The van der Waals surface area contributed by atoms with Crippen LogP contribution in [0, 0.1) is 10.7 Å². The number of aromatic amines is 1. The van der Waals surface area contributed by atoms with Crippen LogP contribution in [0.4, 0.5) is 0 Å². The van der Waals surface area contributed by atoms with Crippen molar-refractivity contribution in [1.29, 1.82) is 5.26 Å². The summed E-state index contributed by atoms with van der Waals surface area (Å²) in [5, 5.41) is 10.5. The fraction of sp³-hybridized carbons (Fsp3) is 0. The van der Waals surface area contributed by atoms with Gasteiger partial charge in [0.1, 0.15) is 11.2 Å². The van der Waals surface area contributed by atoms with Gasteiger partial charge in [0.15, 0.2) is 0 Å². The molecule has 0 saturated heterocycles. The van der Waals surface area contributed by atoms with Crippen LogP contribution < -0.4 is 0 Å². The third kappa shape index (κ3) is 1.78. The highest BCUT2D eigenvalue weighted by molar-refractivity contribution is 8.03. The zero-order chi connectivity index (χ0) is 9.80. The maximum Gasteiger partial charge on any atom is 0.138 e. The van der Waals surface area contributed by atoms with Crippen LogP contribution in [0.25, 0.3) is 11.4 Å². The molecule has 14 heavy (non-hydrogen) atoms. The summed E-state index contributed by atoms with van der Waals surface area (Å²) in [6.45, 7) is 0. The molecule has 0 bridgehead atoms. The standard InChI is InChI=1S/C10H7N3S/c11-7-14-9-3-1-8(2-4-9)10-12-5-6-13-10/h1-6H,(H,12,13). The Labute approximate surface area is 85.8 Å². The van der Waals surface area contributed by atoms with Gasteiger partial charge in [-0.2, -0.15) is 5.26 Å². The van der Waals surface area contributed by atoms with Crippen LogP contribution >= 0.6 is 11.8 Å². The fourth-order valence-electron chi connectivity index (χ4n) is 1.16. The van der Waals surface area contributed by atoms with Crippen molar-refractivity contribution in [2.45, 2.75) is 4.90 Å². The van der Waals surface area contributed by atoms with Crippen molar-refractivity contribution in [3.8, 4) is 16.8 Å². The average molecular weight is 201 g/mol. The van der Waals surface area contributed by atoms with Crippen LogP contribution in [-0.4, -0.2) is 9.97 Å². The highest BCUT2D eigenvalue weighted by atomic mass is 32.2. The SMILES string of the molecule is N#CSc1ccc(-c2ncc[nH]2)cc1. The zero-order valence-corrected chi connectivity index (χ0v) is 8.08. The number of nitrogens with zero attached hydrogens (tertiary/aromatic N) is 2. The molecular weight excluding hydrogens is 194 g/mol. The molecule has 0 unspecified atom stereocenters. The zero-order valence-electron chi connectivity index (χ0n) is 7.27. The molecule has 0 saturated carbocycles. The number of nitriles is 1. The number of benzene rings is 1. The van der Waals surface area contributed by atoms with Crippen LogP contribution in [-0.2, 0) is 0 Å². The summed E-state index contributed by atoms with van der Waals surface area (Å²) in [5.41, 5.74) is 1.03. The van der Waals surface area contributed by atoms with E-state index in [1.54, 1.807) is 12.4 Å². The van der Waals surface area contributed by atoms with Crippen molar-refractivity contribution in [3.05, 3.63) is 36.7 Å². The van der Waals surface area contributed by atoms with Gasteiger partial charge in [-0.1, -0.05) is 12.1 Å². The van der Waals surface area contributed by atoms with Gasteiger partial charge in [-0.15, -0.1) is 0 Å². The number of aromatic nitrogens is 2. The summed E-state index contributed by atoms with van der Waals surface area (Å²) < 4.78 is 0.